The molecule has 0 unspecified atom stereocenters. The Kier molecular flexibility index (Phi) is 5.15. The maximum atomic E-state index is 11.0. The van der Waals surface area contributed by atoms with Gasteiger partial charge in [0, 0.05) is 17.7 Å². The first-order valence-corrected chi connectivity index (χ1v) is 7.22. The van der Waals surface area contributed by atoms with Crippen LogP contribution in [0, 0.1) is 10.1 Å². The van der Waals surface area contributed by atoms with Gasteiger partial charge in [-0.15, -0.1) is 0 Å². The van der Waals surface area contributed by atoms with Crippen molar-refractivity contribution in [2.24, 2.45) is 0 Å². The van der Waals surface area contributed by atoms with Crippen LogP contribution in [0.1, 0.15) is 12.0 Å². The van der Waals surface area contributed by atoms with Crippen LogP contribution in [0.5, 0.6) is 0 Å². The van der Waals surface area contributed by atoms with E-state index in [-0.39, 0.29) is 17.7 Å². The van der Waals surface area contributed by atoms with E-state index in [2.05, 4.69) is 0 Å². The summed E-state index contributed by atoms with van der Waals surface area (Å²) < 4.78 is 10.7. The van der Waals surface area contributed by atoms with Crippen LogP contribution < -0.4 is 0 Å². The van der Waals surface area contributed by atoms with Crippen molar-refractivity contribution in [2.75, 3.05) is 6.16 Å². The molecule has 0 aliphatic carbocycles. The van der Waals surface area contributed by atoms with E-state index >= 15 is 0 Å². The number of benzene rings is 1. The topological polar surface area (TPSA) is 138 Å². The number of carboxylic acid groups (broad SMARTS) is 1. The van der Waals surface area contributed by atoms with Crippen molar-refractivity contribution in [1.29, 1.82) is 0 Å². The molecule has 0 radical (unpaired) electrons. The average molecular weight is 301 g/mol. The summed E-state index contributed by atoms with van der Waals surface area (Å²) in [5, 5.41) is 19.4. The summed E-state index contributed by atoms with van der Waals surface area (Å²) in [7, 11) is -4.28. The quantitative estimate of drug-likeness (QED) is 0.314. The fourth-order valence-electron chi connectivity index (χ4n) is 1.40. The number of nitrogens with zero attached hydrogens (tertiary/aromatic N) is 1. The van der Waals surface area contributed by atoms with E-state index < -0.39 is 24.7 Å². The zero-order valence-corrected chi connectivity index (χ0v) is 11.1. The van der Waals surface area contributed by atoms with Gasteiger partial charge < -0.3 is 14.9 Å². The number of nitro groups is 1. The van der Waals surface area contributed by atoms with Crippen LogP contribution in [-0.4, -0.2) is 31.9 Å². The molecule has 9 heteroatoms. The second-order valence-electron chi connectivity index (χ2n) is 3.96. The van der Waals surface area contributed by atoms with Crippen LogP contribution in [0.3, 0.4) is 0 Å². The lowest BCUT2D eigenvalue weighted by molar-refractivity contribution is -0.384. The average Bonchev–Trinajstić information content (AvgIpc) is 2.33. The van der Waals surface area contributed by atoms with E-state index in [9.17, 15) is 19.5 Å². The Morgan fingerprint density at radius 2 is 1.85 bits per heavy atom. The predicted molar refractivity (Wildman–Crippen MR) is 70.2 cm³/mol. The van der Waals surface area contributed by atoms with Crippen molar-refractivity contribution in [3.8, 4) is 0 Å². The van der Waals surface area contributed by atoms with E-state index in [1.54, 1.807) is 0 Å². The molecule has 0 bridgehead atoms. The van der Waals surface area contributed by atoms with E-state index in [0.717, 1.165) is 0 Å². The highest BCUT2D eigenvalue weighted by molar-refractivity contribution is 7.51. The summed E-state index contributed by atoms with van der Waals surface area (Å²) in [6, 6.07) is 5.15. The van der Waals surface area contributed by atoms with Crippen molar-refractivity contribution >= 4 is 25.3 Å². The molecule has 1 aromatic rings. The van der Waals surface area contributed by atoms with Gasteiger partial charge in [-0.25, -0.2) is 4.79 Å². The van der Waals surface area contributed by atoms with Crippen molar-refractivity contribution in [1.82, 2.24) is 0 Å². The molecule has 8 nitrogen and oxygen atoms in total. The van der Waals surface area contributed by atoms with E-state index in [0.29, 0.717) is 5.56 Å². The van der Waals surface area contributed by atoms with Gasteiger partial charge in [0.05, 0.1) is 11.1 Å². The number of carbonyl (C=O) groups is 1. The van der Waals surface area contributed by atoms with E-state index in [1.807, 2.05) is 0 Å². The molecule has 0 aromatic heterocycles. The van der Waals surface area contributed by atoms with Crippen molar-refractivity contribution in [3.05, 3.63) is 45.5 Å². The highest BCUT2D eigenvalue weighted by Crippen LogP contribution is 2.36. The largest absolute Gasteiger partial charge is 0.478 e. The fourth-order valence-corrected chi connectivity index (χ4v) is 1.93. The maximum Gasteiger partial charge on any atom is 0.331 e. The number of nitro benzene ring substituents is 1. The predicted octanol–water partition coefficient (Wildman–Crippen LogP) is 1.63. The third-order valence-electron chi connectivity index (χ3n) is 2.39. The van der Waals surface area contributed by atoms with E-state index in [1.165, 1.54) is 30.3 Å². The molecule has 0 aliphatic heterocycles. The highest BCUT2D eigenvalue weighted by Gasteiger charge is 2.17. The molecule has 0 atom stereocenters. The van der Waals surface area contributed by atoms with Gasteiger partial charge in [0.2, 0.25) is 0 Å². The minimum absolute atomic E-state index is 0.130. The molecule has 1 rings (SSSR count). The SMILES string of the molecule is O=C(O)/C(=C/c1ccc([N+](=O)[O-])cc1)CCP(=O)(O)O. The number of rotatable bonds is 6. The van der Waals surface area contributed by atoms with Crippen molar-refractivity contribution in [3.63, 3.8) is 0 Å². The molecular weight excluding hydrogens is 289 g/mol. The second kappa shape index (κ2) is 6.42. The van der Waals surface area contributed by atoms with E-state index in [4.69, 9.17) is 14.9 Å². The van der Waals surface area contributed by atoms with Gasteiger partial charge in [0.25, 0.3) is 5.69 Å². The van der Waals surface area contributed by atoms with Gasteiger partial charge in [-0.1, -0.05) is 0 Å². The lowest BCUT2D eigenvalue weighted by atomic mass is 10.1. The van der Waals surface area contributed by atoms with Crippen LogP contribution in [0.15, 0.2) is 29.8 Å². The molecule has 0 saturated heterocycles. The molecule has 0 fully saturated rings. The Bertz CT molecular complexity index is 587. The first kappa shape index (κ1) is 16.0. The minimum atomic E-state index is -4.28. The number of aliphatic carboxylic acids is 1. The van der Waals surface area contributed by atoms with Crippen LogP contribution in [0.2, 0.25) is 0 Å². The van der Waals surface area contributed by atoms with Crippen LogP contribution >= 0.6 is 7.60 Å². The molecule has 20 heavy (non-hydrogen) atoms. The minimum Gasteiger partial charge on any atom is -0.478 e. The Balaban J connectivity index is 2.93. The summed E-state index contributed by atoms with van der Waals surface area (Å²) in [5.41, 5.74) is 0.0927. The fraction of sp³-hybridized carbons (Fsp3) is 0.182. The molecular formula is C11H12NO7P. The molecule has 0 spiro atoms. The Morgan fingerprint density at radius 1 is 1.30 bits per heavy atom. The van der Waals surface area contributed by atoms with Crippen molar-refractivity contribution in [2.45, 2.75) is 6.42 Å². The Labute approximate surface area is 113 Å². The summed E-state index contributed by atoms with van der Waals surface area (Å²) in [6.07, 6.45) is 0.358. The van der Waals surface area contributed by atoms with Crippen LogP contribution in [0.4, 0.5) is 5.69 Å². The third-order valence-corrected chi connectivity index (χ3v) is 3.20. The lowest BCUT2D eigenvalue weighted by Gasteiger charge is -2.05. The summed E-state index contributed by atoms with van der Waals surface area (Å²) in [4.78, 5) is 38.3. The zero-order chi connectivity index (χ0) is 15.3. The monoisotopic (exact) mass is 301 g/mol. The number of hydrogen-bond donors (Lipinski definition) is 3. The molecule has 0 saturated carbocycles. The smallest absolute Gasteiger partial charge is 0.331 e. The van der Waals surface area contributed by atoms with Crippen LogP contribution in [-0.2, 0) is 9.36 Å². The van der Waals surface area contributed by atoms with Gasteiger partial charge >= 0.3 is 13.6 Å². The zero-order valence-electron chi connectivity index (χ0n) is 10.2. The maximum absolute atomic E-state index is 11.0. The van der Waals surface area contributed by atoms with Crippen LogP contribution in [0.25, 0.3) is 6.08 Å². The highest BCUT2D eigenvalue weighted by atomic mass is 31.2. The van der Waals surface area contributed by atoms with Gasteiger partial charge in [0.15, 0.2) is 0 Å². The van der Waals surface area contributed by atoms with Gasteiger partial charge in [0.1, 0.15) is 0 Å². The molecule has 0 heterocycles. The first-order chi connectivity index (χ1) is 9.19. The standard InChI is InChI=1S/C11H12NO7P/c13-11(14)9(5-6-20(17,18)19)7-8-1-3-10(4-2-8)12(15)16/h1-4,7H,5-6H2,(H,13,14)(H2,17,18,19)/b9-7+. The normalized spacial score (nSPS) is 12.2. The molecule has 3 N–H and O–H groups in total. The Morgan fingerprint density at radius 3 is 2.25 bits per heavy atom. The lowest BCUT2D eigenvalue weighted by Crippen LogP contribution is -2.03. The molecule has 0 amide bonds. The number of hydrogen-bond acceptors (Lipinski definition) is 4. The summed E-state index contributed by atoms with van der Waals surface area (Å²) in [6.45, 7) is 0. The summed E-state index contributed by atoms with van der Waals surface area (Å²) >= 11 is 0. The summed E-state index contributed by atoms with van der Waals surface area (Å²) in [5.74, 6) is -1.29. The molecule has 0 aliphatic rings. The first-order valence-electron chi connectivity index (χ1n) is 5.42. The van der Waals surface area contributed by atoms with Gasteiger partial charge in [-0.2, -0.15) is 0 Å². The Hall–Kier alpha value is -2.02. The molecule has 108 valence electrons. The number of non-ortho nitro benzene ring substituents is 1. The third kappa shape index (κ3) is 5.31. The van der Waals surface area contributed by atoms with Gasteiger partial charge in [-0.05, 0) is 30.2 Å². The number of carboxylic acids is 1. The van der Waals surface area contributed by atoms with Crippen molar-refractivity contribution < 1.29 is 29.2 Å². The molecule has 1 aromatic carbocycles. The van der Waals surface area contributed by atoms with Gasteiger partial charge in [-0.3, -0.25) is 14.7 Å². The second-order valence-corrected chi connectivity index (χ2v) is 5.74.